The van der Waals surface area contributed by atoms with Crippen molar-refractivity contribution in [3.05, 3.63) is 41.0 Å². The normalized spacial score (nSPS) is 18.5. The second-order valence-electron chi connectivity index (χ2n) is 10.6. The lowest BCUT2D eigenvalue weighted by molar-refractivity contribution is -0.144. The zero-order valence-corrected chi connectivity index (χ0v) is 24.3. The summed E-state index contributed by atoms with van der Waals surface area (Å²) in [5.74, 6) is -0.849. The van der Waals surface area contributed by atoms with E-state index in [0.29, 0.717) is 13.0 Å². The van der Waals surface area contributed by atoms with Crippen LogP contribution in [0, 0.1) is 12.3 Å². The minimum atomic E-state index is -0.799. The molecular weight excluding hydrogens is 556 g/mol. The number of nitrogens with zero attached hydrogens (tertiary/aromatic N) is 2. The number of aromatic nitrogens is 1. The molecule has 0 bridgehead atoms. The molecule has 202 valence electrons. The van der Waals surface area contributed by atoms with Crippen LogP contribution in [-0.2, 0) is 20.9 Å². The Morgan fingerprint density at radius 2 is 1.92 bits per heavy atom. The largest absolute Gasteiger partial charge is 0.391 e. The van der Waals surface area contributed by atoms with E-state index in [0.717, 1.165) is 39.9 Å². The van der Waals surface area contributed by atoms with Crippen molar-refractivity contribution in [2.75, 3.05) is 11.9 Å². The number of hydrogen-bond donors (Lipinski definition) is 3. The average molecular weight is 594 g/mol. The van der Waals surface area contributed by atoms with Gasteiger partial charge in [0.15, 0.2) is 0 Å². The third kappa shape index (κ3) is 7.85. The van der Waals surface area contributed by atoms with Crippen LogP contribution in [0.4, 0.5) is 0 Å². The second-order valence-corrected chi connectivity index (χ2v) is 12.2. The lowest BCUT2D eigenvalue weighted by Crippen LogP contribution is -2.57. The summed E-state index contributed by atoms with van der Waals surface area (Å²) in [5.41, 5.74) is 4.25. The second kappa shape index (κ2) is 13.0. The minimum Gasteiger partial charge on any atom is -0.391 e. The number of nitrogens with one attached hydrogen (secondary N) is 2. The predicted molar refractivity (Wildman–Crippen MR) is 149 cm³/mol. The summed E-state index contributed by atoms with van der Waals surface area (Å²) >= 11 is 4.95. The van der Waals surface area contributed by atoms with Gasteiger partial charge in [-0.05, 0) is 36.3 Å². The molecule has 1 saturated heterocycles. The zero-order chi connectivity index (χ0) is 27.2. The van der Waals surface area contributed by atoms with Gasteiger partial charge in [0.1, 0.15) is 12.1 Å². The quantitative estimate of drug-likeness (QED) is 0.287. The van der Waals surface area contributed by atoms with Gasteiger partial charge < -0.3 is 20.6 Å². The molecule has 8 nitrogen and oxygen atoms in total. The van der Waals surface area contributed by atoms with Gasteiger partial charge in [0.2, 0.25) is 17.7 Å². The molecule has 0 saturated carbocycles. The molecule has 1 aromatic heterocycles. The molecule has 1 aliphatic heterocycles. The molecule has 2 heterocycles. The van der Waals surface area contributed by atoms with E-state index in [1.807, 2.05) is 57.5 Å². The number of amides is 3. The molecule has 10 heteroatoms. The van der Waals surface area contributed by atoms with Gasteiger partial charge in [0.25, 0.3) is 0 Å². The summed E-state index contributed by atoms with van der Waals surface area (Å²) in [6.45, 7) is 7.99. The van der Waals surface area contributed by atoms with Gasteiger partial charge in [-0.1, -0.05) is 61.0 Å². The van der Waals surface area contributed by atoms with Crippen molar-refractivity contribution in [2.24, 2.45) is 5.41 Å². The Labute approximate surface area is 231 Å². The van der Waals surface area contributed by atoms with Crippen LogP contribution in [0.5, 0.6) is 0 Å². The number of aliphatic hydroxyl groups excluding tert-OH is 1. The van der Waals surface area contributed by atoms with Crippen LogP contribution >= 0.6 is 27.3 Å². The van der Waals surface area contributed by atoms with E-state index in [9.17, 15) is 19.5 Å². The van der Waals surface area contributed by atoms with E-state index < -0.39 is 23.6 Å². The number of rotatable bonds is 10. The Bertz CT molecular complexity index is 1080. The molecule has 3 rings (SSSR count). The fraction of sp³-hybridized carbons (Fsp3) is 0.556. The molecule has 3 N–H and O–H groups in total. The molecule has 0 radical (unpaired) electrons. The van der Waals surface area contributed by atoms with Crippen LogP contribution in [0.3, 0.4) is 0 Å². The highest BCUT2D eigenvalue weighted by Gasteiger charge is 2.44. The standard InChI is InChI=1S/C27H37BrN4O4S/c1-17-23(37-16-30-17)19-10-8-18(9-11-19)14-29-25(35)21-13-20(33)15-32(21)26(36)24(27(2,3)4)31-22(34)7-5-6-12-28/h8-11,16,20-21,24,33H,5-7,12-15H2,1-4H3,(H,29,35)(H,31,34)/t20-,21-,24-/m1/s1. The van der Waals surface area contributed by atoms with Crippen LogP contribution in [-0.4, -0.2) is 62.8 Å². The first kappa shape index (κ1) is 29.3. The number of aliphatic hydroxyl groups is 1. The first-order chi connectivity index (χ1) is 17.5. The molecule has 3 atom stereocenters. The van der Waals surface area contributed by atoms with E-state index in [1.54, 1.807) is 11.3 Å². The first-order valence-electron chi connectivity index (χ1n) is 12.6. The number of hydrogen-bond acceptors (Lipinski definition) is 6. The van der Waals surface area contributed by atoms with Gasteiger partial charge in [-0.15, -0.1) is 11.3 Å². The molecule has 2 aromatic rings. The average Bonchev–Trinajstić information content (AvgIpc) is 3.46. The topological polar surface area (TPSA) is 112 Å². The summed E-state index contributed by atoms with van der Waals surface area (Å²) < 4.78 is 0. The minimum absolute atomic E-state index is 0.0614. The van der Waals surface area contributed by atoms with E-state index in [4.69, 9.17) is 0 Å². The van der Waals surface area contributed by atoms with Gasteiger partial charge in [-0.3, -0.25) is 14.4 Å². The summed E-state index contributed by atoms with van der Waals surface area (Å²) in [5, 5.41) is 17.0. The Morgan fingerprint density at radius 3 is 2.51 bits per heavy atom. The van der Waals surface area contributed by atoms with Crippen LogP contribution in [0.15, 0.2) is 29.8 Å². The molecule has 0 spiro atoms. The van der Waals surface area contributed by atoms with Gasteiger partial charge in [-0.25, -0.2) is 4.98 Å². The third-order valence-electron chi connectivity index (χ3n) is 6.50. The van der Waals surface area contributed by atoms with Crippen LogP contribution in [0.25, 0.3) is 10.4 Å². The maximum atomic E-state index is 13.6. The highest BCUT2D eigenvalue weighted by atomic mass is 79.9. The number of benzene rings is 1. The van der Waals surface area contributed by atoms with Crippen LogP contribution in [0.2, 0.25) is 0 Å². The van der Waals surface area contributed by atoms with Crippen molar-refractivity contribution in [1.82, 2.24) is 20.5 Å². The number of β-amino-alcohol motifs (C(OH)–C–C–N with tert-alkyl or cyclic N) is 1. The number of halogens is 1. The maximum Gasteiger partial charge on any atom is 0.246 e. The number of alkyl halides is 1. The molecule has 37 heavy (non-hydrogen) atoms. The lowest BCUT2D eigenvalue weighted by atomic mass is 9.85. The first-order valence-corrected chi connectivity index (χ1v) is 14.6. The third-order valence-corrected chi connectivity index (χ3v) is 8.04. The predicted octanol–water partition coefficient (Wildman–Crippen LogP) is 3.79. The van der Waals surface area contributed by atoms with Crippen molar-refractivity contribution in [2.45, 2.75) is 78.1 Å². The lowest BCUT2D eigenvalue weighted by Gasteiger charge is -2.35. The number of unbranched alkanes of at least 4 members (excludes halogenated alkanes) is 1. The fourth-order valence-electron chi connectivity index (χ4n) is 4.39. The molecule has 1 fully saturated rings. The highest BCUT2D eigenvalue weighted by Crippen LogP contribution is 2.28. The van der Waals surface area contributed by atoms with Crippen LogP contribution < -0.4 is 10.6 Å². The Kier molecular flexibility index (Phi) is 10.3. The maximum absolute atomic E-state index is 13.6. The SMILES string of the molecule is Cc1ncsc1-c1ccc(CNC(=O)[C@H]2C[C@@H](O)CN2C(=O)[C@@H](NC(=O)CCCCBr)C(C)(C)C)cc1. The summed E-state index contributed by atoms with van der Waals surface area (Å²) in [7, 11) is 0. The molecule has 0 unspecified atom stereocenters. The molecule has 0 aliphatic carbocycles. The van der Waals surface area contributed by atoms with Crippen molar-refractivity contribution in [1.29, 1.82) is 0 Å². The number of aryl methyl sites for hydroxylation is 1. The van der Waals surface area contributed by atoms with Crippen molar-refractivity contribution in [3.63, 3.8) is 0 Å². The molecule has 1 aromatic carbocycles. The van der Waals surface area contributed by atoms with Crippen molar-refractivity contribution >= 4 is 45.0 Å². The van der Waals surface area contributed by atoms with Gasteiger partial charge >= 0.3 is 0 Å². The number of thiazole rings is 1. The Hall–Kier alpha value is -2.30. The van der Waals surface area contributed by atoms with E-state index in [-0.39, 0.29) is 30.7 Å². The van der Waals surface area contributed by atoms with Gasteiger partial charge in [0, 0.05) is 31.3 Å². The Balaban J connectivity index is 1.65. The molecular formula is C27H37BrN4O4S. The van der Waals surface area contributed by atoms with Crippen LogP contribution in [0.1, 0.15) is 57.7 Å². The molecule has 1 aliphatic rings. The smallest absolute Gasteiger partial charge is 0.246 e. The van der Waals surface area contributed by atoms with Crippen molar-refractivity contribution in [3.8, 4) is 10.4 Å². The highest BCUT2D eigenvalue weighted by molar-refractivity contribution is 9.09. The number of likely N-dealkylation sites (tertiary alicyclic amines) is 1. The summed E-state index contributed by atoms with van der Waals surface area (Å²) in [4.78, 5) is 46.1. The zero-order valence-electron chi connectivity index (χ0n) is 21.9. The van der Waals surface area contributed by atoms with Crippen molar-refractivity contribution < 1.29 is 19.5 Å². The number of carbonyl (C=O) groups is 3. The summed E-state index contributed by atoms with van der Waals surface area (Å²) in [6.07, 6.45) is 1.30. The van der Waals surface area contributed by atoms with E-state index >= 15 is 0 Å². The Morgan fingerprint density at radius 1 is 1.22 bits per heavy atom. The van der Waals surface area contributed by atoms with E-state index in [1.165, 1.54) is 4.90 Å². The van der Waals surface area contributed by atoms with E-state index in [2.05, 4.69) is 31.5 Å². The van der Waals surface area contributed by atoms with Gasteiger partial charge in [-0.2, -0.15) is 0 Å². The summed E-state index contributed by atoms with van der Waals surface area (Å²) in [6, 6.07) is 6.34. The number of carbonyl (C=O) groups excluding carboxylic acids is 3. The monoisotopic (exact) mass is 592 g/mol. The molecule has 3 amide bonds. The van der Waals surface area contributed by atoms with Gasteiger partial charge in [0.05, 0.1) is 22.2 Å². The fourth-order valence-corrected chi connectivity index (χ4v) is 5.60.